The number of nitrogens with zero attached hydrogens (tertiary/aromatic N) is 1. The molecular weight excluding hydrogens is 236 g/mol. The summed E-state index contributed by atoms with van der Waals surface area (Å²) in [5.74, 6) is 0.683. The molecule has 1 unspecified atom stereocenters. The molecule has 3 heteroatoms. The largest absolute Gasteiger partial charge is 0.385 e. The monoisotopic (exact) mass is 260 g/mol. The van der Waals surface area contributed by atoms with Crippen LogP contribution in [0.2, 0.25) is 0 Å². The van der Waals surface area contributed by atoms with E-state index in [1.165, 1.54) is 49.2 Å². The first-order valence-corrected chi connectivity index (χ1v) is 7.47. The van der Waals surface area contributed by atoms with Gasteiger partial charge in [-0.2, -0.15) is 0 Å². The zero-order chi connectivity index (χ0) is 13.1. The molecule has 0 saturated carbocycles. The van der Waals surface area contributed by atoms with Crippen LogP contribution in [0.3, 0.4) is 0 Å². The Balaban J connectivity index is 1.74. The van der Waals surface area contributed by atoms with E-state index in [0.717, 1.165) is 19.7 Å². The molecule has 1 N–H and O–H groups in total. The molecule has 1 aromatic carbocycles. The summed E-state index contributed by atoms with van der Waals surface area (Å²) in [5.41, 5.74) is 4.19. The van der Waals surface area contributed by atoms with Crippen LogP contribution in [0.5, 0.6) is 0 Å². The van der Waals surface area contributed by atoms with Crippen LogP contribution in [0.1, 0.15) is 24.8 Å². The fourth-order valence-corrected chi connectivity index (χ4v) is 3.32. The Morgan fingerprint density at radius 1 is 1.37 bits per heavy atom. The second-order valence-electron chi connectivity index (χ2n) is 5.78. The molecule has 3 nitrogen and oxygen atoms in total. The lowest BCUT2D eigenvalue weighted by molar-refractivity contribution is 0.143. The van der Waals surface area contributed by atoms with Gasteiger partial charge in [0.2, 0.25) is 0 Å². The number of hydrogen-bond donors (Lipinski definition) is 1. The predicted molar refractivity (Wildman–Crippen MR) is 80.1 cm³/mol. The Morgan fingerprint density at radius 3 is 3.21 bits per heavy atom. The zero-order valence-electron chi connectivity index (χ0n) is 11.8. The highest BCUT2D eigenvalue weighted by Crippen LogP contribution is 2.30. The van der Waals surface area contributed by atoms with E-state index in [2.05, 4.69) is 28.4 Å². The third-order valence-corrected chi connectivity index (χ3v) is 4.32. The minimum atomic E-state index is 0.683. The average molecular weight is 260 g/mol. The Bertz CT molecular complexity index is 431. The van der Waals surface area contributed by atoms with Crippen molar-refractivity contribution in [1.29, 1.82) is 0 Å². The molecule has 1 aromatic rings. The van der Waals surface area contributed by atoms with Crippen molar-refractivity contribution in [1.82, 2.24) is 0 Å². The maximum Gasteiger partial charge on any atom is 0.0507 e. The van der Waals surface area contributed by atoms with Crippen LogP contribution >= 0.6 is 0 Å². The molecule has 0 aromatic heterocycles. The number of fused-ring (bicyclic) bond motifs is 1. The molecule has 0 bridgehead atoms. The lowest BCUT2D eigenvalue weighted by atomic mass is 9.97. The van der Waals surface area contributed by atoms with Gasteiger partial charge in [-0.1, -0.05) is 6.07 Å². The van der Waals surface area contributed by atoms with E-state index in [4.69, 9.17) is 4.74 Å². The van der Waals surface area contributed by atoms with Gasteiger partial charge < -0.3 is 15.0 Å². The van der Waals surface area contributed by atoms with Crippen molar-refractivity contribution in [2.24, 2.45) is 5.92 Å². The second-order valence-corrected chi connectivity index (χ2v) is 5.78. The van der Waals surface area contributed by atoms with Crippen LogP contribution in [0.15, 0.2) is 18.2 Å². The van der Waals surface area contributed by atoms with Gasteiger partial charge in [-0.05, 0) is 49.3 Å². The summed E-state index contributed by atoms with van der Waals surface area (Å²) in [6.45, 7) is 4.31. The van der Waals surface area contributed by atoms with Crippen LogP contribution in [-0.4, -0.2) is 33.4 Å². The lowest BCUT2D eigenvalue weighted by Crippen LogP contribution is -2.37. The predicted octanol–water partition coefficient (Wildman–Crippen LogP) is 2.91. The quantitative estimate of drug-likeness (QED) is 0.904. The van der Waals surface area contributed by atoms with Crippen molar-refractivity contribution in [3.05, 3.63) is 23.8 Å². The lowest BCUT2D eigenvalue weighted by Gasteiger charge is -2.35. The van der Waals surface area contributed by atoms with Gasteiger partial charge >= 0.3 is 0 Å². The standard InChI is InChI=1S/C16H24N2O/c1-19-12-13-4-3-9-18(11-13)15-7-6-14-5-2-8-17-16(14)10-15/h6-7,10,13,17H,2-5,8-9,11-12H2,1H3. The number of hydrogen-bond acceptors (Lipinski definition) is 3. The number of rotatable bonds is 3. The minimum Gasteiger partial charge on any atom is -0.385 e. The third kappa shape index (κ3) is 2.86. The molecule has 0 spiro atoms. The van der Waals surface area contributed by atoms with E-state index in [9.17, 15) is 0 Å². The zero-order valence-corrected chi connectivity index (χ0v) is 11.8. The van der Waals surface area contributed by atoms with Crippen molar-refractivity contribution in [3.8, 4) is 0 Å². The first kappa shape index (κ1) is 12.8. The van der Waals surface area contributed by atoms with E-state index in [1.807, 2.05) is 7.11 Å². The summed E-state index contributed by atoms with van der Waals surface area (Å²) in [4.78, 5) is 2.52. The number of benzene rings is 1. The van der Waals surface area contributed by atoms with Crippen LogP contribution in [0.4, 0.5) is 11.4 Å². The topological polar surface area (TPSA) is 24.5 Å². The molecule has 3 rings (SSSR count). The van der Waals surface area contributed by atoms with Crippen LogP contribution in [0.25, 0.3) is 0 Å². The second kappa shape index (κ2) is 5.83. The summed E-state index contributed by atoms with van der Waals surface area (Å²) < 4.78 is 5.32. The van der Waals surface area contributed by atoms with Gasteiger partial charge in [-0.25, -0.2) is 0 Å². The van der Waals surface area contributed by atoms with Crippen LogP contribution in [-0.2, 0) is 11.2 Å². The van der Waals surface area contributed by atoms with Gasteiger partial charge in [-0.3, -0.25) is 0 Å². The summed E-state index contributed by atoms with van der Waals surface area (Å²) in [5, 5.41) is 3.53. The van der Waals surface area contributed by atoms with Gasteiger partial charge in [0, 0.05) is 38.1 Å². The third-order valence-electron chi connectivity index (χ3n) is 4.32. The van der Waals surface area contributed by atoms with Crippen molar-refractivity contribution < 1.29 is 4.74 Å². The van der Waals surface area contributed by atoms with Crippen molar-refractivity contribution in [2.45, 2.75) is 25.7 Å². The van der Waals surface area contributed by atoms with E-state index in [0.29, 0.717) is 5.92 Å². The van der Waals surface area contributed by atoms with Gasteiger partial charge in [0.25, 0.3) is 0 Å². The highest BCUT2D eigenvalue weighted by molar-refractivity contribution is 5.63. The molecule has 2 aliphatic rings. The number of piperidine rings is 1. The molecule has 2 aliphatic heterocycles. The van der Waals surface area contributed by atoms with Crippen molar-refractivity contribution in [3.63, 3.8) is 0 Å². The maximum absolute atomic E-state index is 5.32. The first-order valence-electron chi connectivity index (χ1n) is 7.47. The Hall–Kier alpha value is -1.22. The highest BCUT2D eigenvalue weighted by Gasteiger charge is 2.21. The molecule has 0 radical (unpaired) electrons. The minimum absolute atomic E-state index is 0.683. The first-order chi connectivity index (χ1) is 9.36. The van der Waals surface area contributed by atoms with Gasteiger partial charge in [-0.15, -0.1) is 0 Å². The molecule has 0 amide bonds. The van der Waals surface area contributed by atoms with Gasteiger partial charge in [0.05, 0.1) is 6.61 Å². The van der Waals surface area contributed by atoms with Crippen molar-refractivity contribution in [2.75, 3.05) is 43.6 Å². The van der Waals surface area contributed by atoms with E-state index in [-0.39, 0.29) is 0 Å². The fraction of sp³-hybridized carbons (Fsp3) is 0.625. The normalized spacial score (nSPS) is 22.8. The molecule has 19 heavy (non-hydrogen) atoms. The molecule has 2 heterocycles. The number of nitrogens with one attached hydrogen (secondary N) is 1. The van der Waals surface area contributed by atoms with Gasteiger partial charge in [0.1, 0.15) is 0 Å². The summed E-state index contributed by atoms with van der Waals surface area (Å²) in [6.07, 6.45) is 5.05. The fourth-order valence-electron chi connectivity index (χ4n) is 3.32. The number of methoxy groups -OCH3 is 1. The average Bonchev–Trinajstić information content (AvgIpc) is 2.47. The van der Waals surface area contributed by atoms with Crippen molar-refractivity contribution >= 4 is 11.4 Å². The van der Waals surface area contributed by atoms with E-state index in [1.54, 1.807) is 0 Å². The molecular formula is C16H24N2O. The summed E-state index contributed by atoms with van der Waals surface area (Å²) in [7, 11) is 1.81. The van der Waals surface area contributed by atoms with E-state index < -0.39 is 0 Å². The Morgan fingerprint density at radius 2 is 2.32 bits per heavy atom. The van der Waals surface area contributed by atoms with E-state index >= 15 is 0 Å². The number of ether oxygens (including phenoxy) is 1. The number of anilines is 2. The number of aryl methyl sites for hydroxylation is 1. The Labute approximate surface area is 115 Å². The Kier molecular flexibility index (Phi) is 3.92. The summed E-state index contributed by atoms with van der Waals surface area (Å²) in [6, 6.07) is 6.93. The maximum atomic E-state index is 5.32. The highest BCUT2D eigenvalue weighted by atomic mass is 16.5. The smallest absolute Gasteiger partial charge is 0.0507 e. The molecule has 0 aliphatic carbocycles. The molecule has 1 fully saturated rings. The van der Waals surface area contributed by atoms with Crippen LogP contribution < -0.4 is 10.2 Å². The van der Waals surface area contributed by atoms with Crippen LogP contribution in [0, 0.1) is 5.92 Å². The molecule has 1 atom stereocenters. The van der Waals surface area contributed by atoms with Gasteiger partial charge in [0.15, 0.2) is 0 Å². The molecule has 1 saturated heterocycles. The summed E-state index contributed by atoms with van der Waals surface area (Å²) >= 11 is 0. The SMILES string of the molecule is COCC1CCCN(c2ccc3c(c2)NCCC3)C1. The molecule has 104 valence electrons.